The lowest BCUT2D eigenvalue weighted by molar-refractivity contribution is -0.119. The molecule has 3 N–H and O–H groups in total. The number of halogens is 1. The molecule has 1 aromatic rings. The van der Waals surface area contributed by atoms with Crippen molar-refractivity contribution in [2.24, 2.45) is 0 Å². The lowest BCUT2D eigenvalue weighted by Crippen LogP contribution is -2.43. The van der Waals surface area contributed by atoms with Gasteiger partial charge in [-0.3, -0.25) is 4.79 Å². The van der Waals surface area contributed by atoms with Crippen molar-refractivity contribution >= 4 is 17.5 Å². The van der Waals surface area contributed by atoms with E-state index in [0.717, 1.165) is 17.7 Å². The summed E-state index contributed by atoms with van der Waals surface area (Å²) < 4.78 is 5.32. The van der Waals surface area contributed by atoms with Crippen LogP contribution in [0.15, 0.2) is 18.2 Å². The Kier molecular flexibility index (Phi) is 4.06. The van der Waals surface area contributed by atoms with Crippen LogP contribution in [0.25, 0.3) is 0 Å². The molecule has 5 nitrogen and oxygen atoms in total. The largest absolute Gasteiger partial charge is 0.496 e. The number of hydrogen-bond donors (Lipinski definition) is 3. The third kappa shape index (κ3) is 2.93. The number of amides is 1. The van der Waals surface area contributed by atoms with Crippen molar-refractivity contribution in [2.45, 2.75) is 25.6 Å². The van der Waals surface area contributed by atoms with E-state index >= 15 is 0 Å². The molecule has 0 saturated carbocycles. The van der Waals surface area contributed by atoms with Crippen LogP contribution in [0.1, 0.15) is 24.9 Å². The van der Waals surface area contributed by atoms with Gasteiger partial charge in [0.25, 0.3) is 0 Å². The topological polar surface area (TPSA) is 62.4 Å². The highest BCUT2D eigenvalue weighted by atomic mass is 35.5. The summed E-state index contributed by atoms with van der Waals surface area (Å²) in [4.78, 5) is 11.0. The van der Waals surface area contributed by atoms with Crippen LogP contribution in [0.4, 0.5) is 0 Å². The molecule has 1 amide bonds. The fraction of sp³-hybridized carbons (Fsp3) is 0.417. The first-order valence-electron chi connectivity index (χ1n) is 5.71. The van der Waals surface area contributed by atoms with Crippen molar-refractivity contribution < 1.29 is 9.53 Å². The van der Waals surface area contributed by atoms with E-state index in [1.165, 1.54) is 6.92 Å². The number of carbonyl (C=O) groups excluding carboxylic acids is 1. The SMILES string of the molecule is COc1ccc(Cl)cc1C1CC(NC(C)=O)NN1. The van der Waals surface area contributed by atoms with Gasteiger partial charge in [-0.1, -0.05) is 11.6 Å². The molecule has 1 aliphatic heterocycles. The molecule has 6 heteroatoms. The van der Waals surface area contributed by atoms with E-state index in [4.69, 9.17) is 16.3 Å². The molecule has 0 bridgehead atoms. The minimum Gasteiger partial charge on any atom is -0.496 e. The van der Waals surface area contributed by atoms with Crippen LogP contribution in [-0.4, -0.2) is 19.2 Å². The first kappa shape index (κ1) is 13.1. The lowest BCUT2D eigenvalue weighted by atomic mass is 10.0. The van der Waals surface area contributed by atoms with Gasteiger partial charge < -0.3 is 10.1 Å². The van der Waals surface area contributed by atoms with Gasteiger partial charge in [0, 0.05) is 23.9 Å². The Morgan fingerprint density at radius 2 is 2.28 bits per heavy atom. The maximum absolute atomic E-state index is 11.0. The van der Waals surface area contributed by atoms with Gasteiger partial charge in [0.1, 0.15) is 5.75 Å². The second-order valence-corrected chi connectivity index (χ2v) is 4.65. The third-order valence-electron chi connectivity index (χ3n) is 2.85. The molecule has 0 spiro atoms. The molecule has 18 heavy (non-hydrogen) atoms. The summed E-state index contributed by atoms with van der Waals surface area (Å²) in [5, 5.41) is 3.47. The summed E-state index contributed by atoms with van der Waals surface area (Å²) in [6, 6.07) is 5.55. The van der Waals surface area contributed by atoms with Gasteiger partial charge in [0.2, 0.25) is 5.91 Å². The maximum Gasteiger partial charge on any atom is 0.218 e. The van der Waals surface area contributed by atoms with E-state index in [9.17, 15) is 4.79 Å². The second kappa shape index (κ2) is 5.56. The van der Waals surface area contributed by atoms with Gasteiger partial charge in [-0.05, 0) is 18.2 Å². The number of carbonyl (C=O) groups is 1. The quantitative estimate of drug-likeness (QED) is 0.775. The van der Waals surface area contributed by atoms with Crippen molar-refractivity contribution in [3.63, 3.8) is 0 Å². The molecule has 2 rings (SSSR count). The van der Waals surface area contributed by atoms with Crippen LogP contribution in [0.3, 0.4) is 0 Å². The average Bonchev–Trinajstić information content (AvgIpc) is 2.76. The number of methoxy groups -OCH3 is 1. The van der Waals surface area contributed by atoms with Crippen LogP contribution in [0.2, 0.25) is 5.02 Å². The highest BCUT2D eigenvalue weighted by Crippen LogP contribution is 2.31. The van der Waals surface area contributed by atoms with Gasteiger partial charge in [0.15, 0.2) is 0 Å². The van der Waals surface area contributed by atoms with Crippen LogP contribution in [-0.2, 0) is 4.79 Å². The fourth-order valence-corrected chi connectivity index (χ4v) is 2.26. The molecule has 1 aromatic carbocycles. The van der Waals surface area contributed by atoms with Crippen molar-refractivity contribution in [1.82, 2.24) is 16.2 Å². The van der Waals surface area contributed by atoms with Crippen molar-refractivity contribution in [1.29, 1.82) is 0 Å². The van der Waals surface area contributed by atoms with Crippen LogP contribution >= 0.6 is 11.6 Å². The molecule has 2 atom stereocenters. The van der Waals surface area contributed by atoms with E-state index in [1.807, 2.05) is 12.1 Å². The average molecular weight is 270 g/mol. The molecular weight excluding hydrogens is 254 g/mol. The number of hydrazine groups is 1. The minimum atomic E-state index is -0.0869. The summed E-state index contributed by atoms with van der Waals surface area (Å²) >= 11 is 6.00. The Bertz CT molecular complexity index is 453. The molecule has 0 aromatic heterocycles. The molecule has 98 valence electrons. The predicted octanol–water partition coefficient (Wildman–Crippen LogP) is 1.35. The van der Waals surface area contributed by atoms with Gasteiger partial charge in [-0.15, -0.1) is 0 Å². The van der Waals surface area contributed by atoms with Gasteiger partial charge in [-0.25, -0.2) is 10.9 Å². The van der Waals surface area contributed by atoms with E-state index in [-0.39, 0.29) is 18.1 Å². The Morgan fingerprint density at radius 3 is 2.94 bits per heavy atom. The molecule has 1 heterocycles. The zero-order valence-corrected chi connectivity index (χ0v) is 11.0. The summed E-state index contributed by atoms with van der Waals surface area (Å²) in [5.41, 5.74) is 7.13. The third-order valence-corrected chi connectivity index (χ3v) is 3.08. The highest BCUT2D eigenvalue weighted by Gasteiger charge is 2.27. The second-order valence-electron chi connectivity index (χ2n) is 4.22. The minimum absolute atomic E-state index is 0.0514. The molecular formula is C12H16ClN3O2. The van der Waals surface area contributed by atoms with E-state index < -0.39 is 0 Å². The van der Waals surface area contributed by atoms with E-state index in [1.54, 1.807) is 13.2 Å². The van der Waals surface area contributed by atoms with Crippen molar-refractivity contribution in [2.75, 3.05) is 7.11 Å². The molecule has 1 saturated heterocycles. The van der Waals surface area contributed by atoms with Gasteiger partial charge in [-0.2, -0.15) is 0 Å². The summed E-state index contributed by atoms with van der Waals surface area (Å²) in [7, 11) is 1.63. The number of hydrogen-bond acceptors (Lipinski definition) is 4. The van der Waals surface area contributed by atoms with Gasteiger partial charge >= 0.3 is 0 Å². The summed E-state index contributed by atoms with van der Waals surface area (Å²) in [6.45, 7) is 1.50. The Morgan fingerprint density at radius 1 is 1.50 bits per heavy atom. The first-order chi connectivity index (χ1) is 8.60. The fourth-order valence-electron chi connectivity index (χ4n) is 2.08. The Labute approximate surface area is 111 Å². The molecule has 1 fully saturated rings. The van der Waals surface area contributed by atoms with Crippen LogP contribution < -0.4 is 20.9 Å². The maximum atomic E-state index is 11.0. The van der Waals surface area contributed by atoms with E-state index in [2.05, 4.69) is 16.2 Å². The van der Waals surface area contributed by atoms with E-state index in [0.29, 0.717) is 5.02 Å². The van der Waals surface area contributed by atoms with Gasteiger partial charge in [0.05, 0.1) is 19.3 Å². The van der Waals surface area contributed by atoms with Crippen LogP contribution in [0.5, 0.6) is 5.75 Å². The lowest BCUT2D eigenvalue weighted by Gasteiger charge is -2.14. The van der Waals surface area contributed by atoms with Crippen molar-refractivity contribution in [3.8, 4) is 5.75 Å². The number of benzene rings is 1. The zero-order chi connectivity index (χ0) is 13.1. The standard InChI is InChI=1S/C12H16ClN3O2/c1-7(17)14-12-6-10(15-16-12)9-5-8(13)3-4-11(9)18-2/h3-5,10,12,15-16H,6H2,1-2H3,(H,14,17). The summed E-state index contributed by atoms with van der Waals surface area (Å²) in [6.07, 6.45) is 0.646. The zero-order valence-electron chi connectivity index (χ0n) is 10.3. The molecule has 0 aliphatic carbocycles. The smallest absolute Gasteiger partial charge is 0.218 e. The summed E-state index contributed by atoms with van der Waals surface area (Å²) in [5.74, 6) is 0.718. The number of ether oxygens (including phenoxy) is 1. The van der Waals surface area contributed by atoms with Crippen LogP contribution in [0, 0.1) is 0 Å². The number of rotatable bonds is 3. The Hall–Kier alpha value is -1.30. The highest BCUT2D eigenvalue weighted by molar-refractivity contribution is 6.30. The molecule has 0 radical (unpaired) electrons. The molecule has 1 aliphatic rings. The van der Waals surface area contributed by atoms with Crippen molar-refractivity contribution in [3.05, 3.63) is 28.8 Å². The first-order valence-corrected chi connectivity index (χ1v) is 6.09. The Balaban J connectivity index is 2.13. The number of nitrogens with one attached hydrogen (secondary N) is 3. The monoisotopic (exact) mass is 269 g/mol. The molecule has 2 unspecified atom stereocenters. The normalized spacial score (nSPS) is 22.8. The predicted molar refractivity (Wildman–Crippen MR) is 69.2 cm³/mol.